The summed E-state index contributed by atoms with van der Waals surface area (Å²) in [5, 5.41) is 6.23. The molecule has 2 aromatic carbocycles. The van der Waals surface area contributed by atoms with E-state index in [4.69, 9.17) is 11.6 Å². The highest BCUT2D eigenvalue weighted by Crippen LogP contribution is 2.14. The Morgan fingerprint density at radius 1 is 0.893 bits per heavy atom. The lowest BCUT2D eigenvalue weighted by atomic mass is 10.1. The Balaban J connectivity index is 1.62. The van der Waals surface area contributed by atoms with E-state index in [1.165, 1.54) is 12.3 Å². The second kappa shape index (κ2) is 9.15. The zero-order valence-electron chi connectivity index (χ0n) is 15.4. The highest BCUT2D eigenvalue weighted by Gasteiger charge is 2.12. The van der Waals surface area contributed by atoms with Gasteiger partial charge in [0.15, 0.2) is 0 Å². The van der Waals surface area contributed by atoms with Crippen LogP contribution in [0.15, 0.2) is 66.9 Å². The second-order valence-corrected chi connectivity index (χ2v) is 6.72. The third kappa shape index (κ3) is 4.96. The molecule has 3 aromatic rings. The first kappa shape index (κ1) is 19.6. The molecule has 1 heterocycles. The number of hydrogen-bond acceptors (Lipinski definition) is 3. The Hall–Kier alpha value is -3.18. The number of nitrogens with one attached hydrogen (secondary N) is 2. The highest BCUT2D eigenvalue weighted by atomic mass is 35.5. The lowest BCUT2D eigenvalue weighted by Crippen LogP contribution is -2.26. The number of amides is 2. The molecule has 2 N–H and O–H groups in total. The third-order valence-electron chi connectivity index (χ3n) is 4.35. The van der Waals surface area contributed by atoms with Crippen molar-refractivity contribution in [2.75, 3.05) is 0 Å². The van der Waals surface area contributed by atoms with Gasteiger partial charge in [-0.15, -0.1) is 0 Å². The molecule has 142 valence electrons. The van der Waals surface area contributed by atoms with Gasteiger partial charge in [0.2, 0.25) is 0 Å². The summed E-state index contributed by atoms with van der Waals surface area (Å²) in [7, 11) is 0. The van der Waals surface area contributed by atoms with Crippen molar-refractivity contribution in [3.63, 3.8) is 0 Å². The summed E-state index contributed by atoms with van der Waals surface area (Å²) >= 11 is 6.10. The predicted molar refractivity (Wildman–Crippen MR) is 109 cm³/mol. The molecule has 0 saturated carbocycles. The lowest BCUT2D eigenvalue weighted by molar-refractivity contribution is 0.0946. The van der Waals surface area contributed by atoms with Crippen LogP contribution in [0.5, 0.6) is 0 Å². The smallest absolute Gasteiger partial charge is 0.270 e. The number of benzene rings is 2. The Bertz CT molecular complexity index is 928. The van der Waals surface area contributed by atoms with Gasteiger partial charge in [-0.1, -0.05) is 54.1 Å². The van der Waals surface area contributed by atoms with Crippen LogP contribution in [0.25, 0.3) is 0 Å². The van der Waals surface area contributed by atoms with Crippen molar-refractivity contribution < 1.29 is 9.59 Å². The van der Waals surface area contributed by atoms with E-state index >= 15 is 0 Å². The second-order valence-electron chi connectivity index (χ2n) is 6.31. The first-order valence-corrected chi connectivity index (χ1v) is 9.23. The fourth-order valence-electron chi connectivity index (χ4n) is 2.69. The van der Waals surface area contributed by atoms with Crippen molar-refractivity contribution in [2.24, 2.45) is 0 Å². The summed E-state index contributed by atoms with van der Waals surface area (Å²) in [6.45, 7) is 2.70. The summed E-state index contributed by atoms with van der Waals surface area (Å²) in [5.41, 5.74) is 3.52. The summed E-state index contributed by atoms with van der Waals surface area (Å²) in [5.74, 6) is -0.626. The van der Waals surface area contributed by atoms with Gasteiger partial charge >= 0.3 is 0 Å². The molecule has 0 radical (unpaired) electrons. The molecule has 0 aliphatic rings. The first-order valence-electron chi connectivity index (χ1n) is 8.85. The van der Waals surface area contributed by atoms with Gasteiger partial charge in [-0.05, 0) is 41.8 Å². The van der Waals surface area contributed by atoms with E-state index in [-0.39, 0.29) is 24.1 Å². The van der Waals surface area contributed by atoms with Gasteiger partial charge in [-0.25, -0.2) is 0 Å². The number of carbonyl (C=O) groups is 2. The molecule has 28 heavy (non-hydrogen) atoms. The van der Waals surface area contributed by atoms with Crippen LogP contribution in [0.3, 0.4) is 0 Å². The van der Waals surface area contributed by atoms with Gasteiger partial charge in [-0.2, -0.15) is 0 Å². The van der Waals surface area contributed by atoms with Gasteiger partial charge < -0.3 is 10.6 Å². The number of rotatable bonds is 6. The van der Waals surface area contributed by atoms with Gasteiger partial charge in [0, 0.05) is 29.9 Å². The van der Waals surface area contributed by atoms with Crippen molar-refractivity contribution >= 4 is 23.4 Å². The molecular weight excluding hydrogens is 374 g/mol. The fourth-order valence-corrected chi connectivity index (χ4v) is 2.89. The Labute approximate surface area is 168 Å². The van der Waals surface area contributed by atoms with Gasteiger partial charge in [-0.3, -0.25) is 14.6 Å². The van der Waals surface area contributed by atoms with Crippen LogP contribution in [-0.2, 0) is 13.1 Å². The van der Waals surface area contributed by atoms with E-state index in [1.54, 1.807) is 12.1 Å². The molecule has 0 aliphatic heterocycles. The maximum absolute atomic E-state index is 12.4. The molecule has 0 fully saturated rings. The van der Waals surface area contributed by atoms with Crippen molar-refractivity contribution in [3.05, 3.63) is 99.8 Å². The summed E-state index contributed by atoms with van der Waals surface area (Å²) in [4.78, 5) is 28.9. The van der Waals surface area contributed by atoms with Crippen LogP contribution in [0.1, 0.15) is 37.5 Å². The zero-order valence-corrected chi connectivity index (χ0v) is 16.2. The van der Waals surface area contributed by atoms with E-state index in [0.29, 0.717) is 17.1 Å². The molecule has 1 aromatic heterocycles. The average molecular weight is 394 g/mol. The van der Waals surface area contributed by atoms with Gasteiger partial charge in [0.25, 0.3) is 11.8 Å². The number of hydrogen-bond donors (Lipinski definition) is 2. The zero-order chi connectivity index (χ0) is 19.9. The predicted octanol–water partition coefficient (Wildman–Crippen LogP) is 3.90. The van der Waals surface area contributed by atoms with Crippen LogP contribution >= 0.6 is 11.6 Å². The van der Waals surface area contributed by atoms with Crippen molar-refractivity contribution in [1.29, 1.82) is 0 Å². The number of aryl methyl sites for hydroxylation is 1. The average Bonchev–Trinajstić information content (AvgIpc) is 2.72. The summed E-state index contributed by atoms with van der Waals surface area (Å²) in [6.07, 6.45) is 1.45. The summed E-state index contributed by atoms with van der Waals surface area (Å²) < 4.78 is 0. The van der Waals surface area contributed by atoms with Crippen LogP contribution in [-0.4, -0.2) is 16.8 Å². The Morgan fingerprint density at radius 2 is 1.54 bits per heavy atom. The third-order valence-corrected chi connectivity index (χ3v) is 4.72. The maximum Gasteiger partial charge on any atom is 0.270 e. The maximum atomic E-state index is 12.4. The number of aromatic nitrogens is 1. The first-order chi connectivity index (χ1) is 13.5. The van der Waals surface area contributed by atoms with Crippen molar-refractivity contribution in [3.8, 4) is 0 Å². The van der Waals surface area contributed by atoms with Crippen LogP contribution < -0.4 is 10.6 Å². The van der Waals surface area contributed by atoms with E-state index in [0.717, 1.165) is 16.7 Å². The summed E-state index contributed by atoms with van der Waals surface area (Å²) in [6, 6.07) is 18.2. The van der Waals surface area contributed by atoms with Crippen LogP contribution in [0.2, 0.25) is 5.02 Å². The number of halogens is 1. The molecule has 0 spiro atoms. The molecule has 3 rings (SSSR count). The number of pyridine rings is 1. The largest absolute Gasteiger partial charge is 0.348 e. The molecule has 0 bridgehead atoms. The molecular formula is C22H20ClN3O2. The van der Waals surface area contributed by atoms with E-state index in [9.17, 15) is 9.59 Å². The van der Waals surface area contributed by atoms with E-state index in [1.807, 2.05) is 49.4 Å². The SMILES string of the molecule is Cc1ccccc1CNC(=O)c1ccnc(C(=O)NCc2ccccc2Cl)c1. The number of nitrogens with zero attached hydrogens (tertiary/aromatic N) is 1. The lowest BCUT2D eigenvalue weighted by Gasteiger charge is -2.09. The van der Waals surface area contributed by atoms with Crippen LogP contribution in [0.4, 0.5) is 0 Å². The minimum Gasteiger partial charge on any atom is -0.348 e. The highest BCUT2D eigenvalue weighted by molar-refractivity contribution is 6.31. The Kier molecular flexibility index (Phi) is 6.40. The quantitative estimate of drug-likeness (QED) is 0.667. The van der Waals surface area contributed by atoms with E-state index in [2.05, 4.69) is 15.6 Å². The molecule has 0 aliphatic carbocycles. The molecule has 0 unspecified atom stereocenters. The fraction of sp³-hybridized carbons (Fsp3) is 0.136. The van der Waals surface area contributed by atoms with Gasteiger partial charge in [0.1, 0.15) is 5.69 Å². The molecule has 0 saturated heterocycles. The van der Waals surface area contributed by atoms with Crippen molar-refractivity contribution in [1.82, 2.24) is 15.6 Å². The Morgan fingerprint density at radius 3 is 2.29 bits per heavy atom. The monoisotopic (exact) mass is 393 g/mol. The number of carbonyl (C=O) groups excluding carboxylic acids is 2. The normalized spacial score (nSPS) is 10.4. The van der Waals surface area contributed by atoms with Crippen LogP contribution in [0, 0.1) is 6.92 Å². The van der Waals surface area contributed by atoms with Gasteiger partial charge in [0.05, 0.1) is 0 Å². The minimum atomic E-state index is -0.367. The van der Waals surface area contributed by atoms with E-state index < -0.39 is 0 Å². The van der Waals surface area contributed by atoms with Crippen molar-refractivity contribution in [2.45, 2.75) is 20.0 Å². The molecule has 6 heteroatoms. The molecule has 5 nitrogen and oxygen atoms in total. The molecule has 0 atom stereocenters. The topological polar surface area (TPSA) is 71.1 Å². The molecule has 2 amide bonds. The minimum absolute atomic E-state index is 0.176. The standard InChI is InChI=1S/C22H20ClN3O2/c1-15-6-2-3-7-17(15)13-25-21(27)16-10-11-24-20(12-16)22(28)26-14-18-8-4-5-9-19(18)23/h2-12H,13-14H2,1H3,(H,25,27)(H,26,28).